The smallest absolute Gasteiger partial charge is 0.462 e. The molecule has 0 unspecified atom stereocenters. The van der Waals surface area contributed by atoms with Crippen LogP contribution in [0.4, 0.5) is 29.2 Å². The third kappa shape index (κ3) is 5.89. The van der Waals surface area contributed by atoms with Gasteiger partial charge in [-0.1, -0.05) is 11.6 Å². The van der Waals surface area contributed by atoms with E-state index in [2.05, 4.69) is 29.9 Å². The Morgan fingerprint density at radius 2 is 1.90 bits per heavy atom. The molecule has 0 saturated carbocycles. The molecule has 210 valence electrons. The molecule has 5 rings (SSSR count). The van der Waals surface area contributed by atoms with Crippen LogP contribution in [0.15, 0.2) is 24.3 Å². The lowest BCUT2D eigenvalue weighted by atomic mass is 10.1. The molecule has 2 fully saturated rings. The van der Waals surface area contributed by atoms with Gasteiger partial charge in [0.15, 0.2) is 5.75 Å². The lowest BCUT2D eigenvalue weighted by Gasteiger charge is -2.29. The van der Waals surface area contributed by atoms with Gasteiger partial charge in [0.1, 0.15) is 30.1 Å². The zero-order valence-electron chi connectivity index (χ0n) is 21.3. The number of nitrogens with one attached hydrogen (secondary N) is 1. The number of likely N-dealkylation sites (N-methyl/N-ethyl adjacent to an activating group) is 1. The van der Waals surface area contributed by atoms with Crippen LogP contribution in [0.2, 0.25) is 5.02 Å². The highest BCUT2D eigenvalue weighted by Gasteiger charge is 2.37. The maximum atomic E-state index is 14.2. The number of nitrogens with two attached hydrogens (primary N) is 1. The first-order valence-electron chi connectivity index (χ1n) is 12.5. The van der Waals surface area contributed by atoms with Crippen LogP contribution in [0.3, 0.4) is 0 Å². The second kappa shape index (κ2) is 10.8. The maximum Gasteiger partial charge on any atom is 0.573 e. The van der Waals surface area contributed by atoms with Crippen molar-refractivity contribution in [2.45, 2.75) is 38.0 Å². The van der Waals surface area contributed by atoms with E-state index >= 15 is 0 Å². The van der Waals surface area contributed by atoms with Gasteiger partial charge in [-0.25, -0.2) is 9.37 Å². The second-order valence-electron chi connectivity index (χ2n) is 9.67. The lowest BCUT2D eigenvalue weighted by Crippen LogP contribution is -2.44. The van der Waals surface area contributed by atoms with Gasteiger partial charge in [0, 0.05) is 49.2 Å². The van der Waals surface area contributed by atoms with E-state index in [0.717, 1.165) is 19.2 Å². The molecule has 4 heterocycles. The third-order valence-corrected chi connectivity index (χ3v) is 7.48. The van der Waals surface area contributed by atoms with Gasteiger partial charge < -0.3 is 25.4 Å². The van der Waals surface area contributed by atoms with Gasteiger partial charge in [-0.3, -0.25) is 4.90 Å². The minimum atomic E-state index is -4.95. The van der Waals surface area contributed by atoms with Crippen LogP contribution in [0.5, 0.6) is 11.8 Å². The monoisotopic (exact) mass is 569 g/mol. The van der Waals surface area contributed by atoms with E-state index in [-0.39, 0.29) is 46.8 Å². The molecule has 0 bridgehead atoms. The topological polar surface area (TPSA) is 102 Å². The number of halogens is 5. The van der Waals surface area contributed by atoms with Crippen molar-refractivity contribution in [3.05, 3.63) is 29.3 Å². The Hall–Kier alpha value is -3.16. The van der Waals surface area contributed by atoms with E-state index in [1.807, 2.05) is 18.9 Å². The maximum absolute atomic E-state index is 14.2. The Morgan fingerprint density at radius 1 is 1.15 bits per heavy atom. The molecule has 0 radical (unpaired) electrons. The molecule has 2 aliphatic heterocycles. The van der Waals surface area contributed by atoms with Crippen LogP contribution in [0.25, 0.3) is 22.2 Å². The largest absolute Gasteiger partial charge is 0.573 e. The van der Waals surface area contributed by atoms with Crippen LogP contribution >= 0.6 is 11.6 Å². The van der Waals surface area contributed by atoms with Gasteiger partial charge in [-0.05, 0) is 44.7 Å². The van der Waals surface area contributed by atoms with E-state index in [9.17, 15) is 17.6 Å². The molecule has 3 N–H and O–H groups in total. The van der Waals surface area contributed by atoms with Crippen molar-refractivity contribution < 1.29 is 27.0 Å². The summed E-state index contributed by atoms with van der Waals surface area (Å²) in [5.74, 6) is 0.0173. The molecular weight excluding hydrogens is 542 g/mol. The number of hydrogen-bond donors (Lipinski definition) is 2. The highest BCUT2D eigenvalue weighted by Crippen LogP contribution is 2.40. The van der Waals surface area contributed by atoms with E-state index in [1.165, 1.54) is 12.1 Å². The zero-order chi connectivity index (χ0) is 27.9. The minimum absolute atomic E-state index is 0.00928. The molecule has 2 saturated heterocycles. The molecule has 0 amide bonds. The Balaban J connectivity index is 1.57. The molecular formula is C25H28ClF4N7O2. The summed E-state index contributed by atoms with van der Waals surface area (Å²) in [4.78, 5) is 17.3. The summed E-state index contributed by atoms with van der Waals surface area (Å²) in [6.07, 6.45) is -5.57. The number of nitrogens with zero attached hydrogens (tertiary/aromatic N) is 5. The summed E-state index contributed by atoms with van der Waals surface area (Å²) in [6, 6.07) is 5.09. The number of pyridine rings is 1. The SMILES string of the molecule is C[C@H]1[C@H](F)C[C@@H](COc2nc(N3CCNCC3)c3cc(Cl)c(-c4nc(N)ccc4OC(F)(F)F)cc3n2)N1C. The van der Waals surface area contributed by atoms with Crippen molar-refractivity contribution in [3.63, 3.8) is 0 Å². The molecule has 3 atom stereocenters. The molecule has 2 aliphatic rings. The lowest BCUT2D eigenvalue weighted by molar-refractivity contribution is -0.274. The van der Waals surface area contributed by atoms with Crippen molar-refractivity contribution in [2.75, 3.05) is 50.5 Å². The summed E-state index contributed by atoms with van der Waals surface area (Å²) >= 11 is 6.60. The second-order valence-corrected chi connectivity index (χ2v) is 10.1. The first kappa shape index (κ1) is 27.4. The number of anilines is 2. The van der Waals surface area contributed by atoms with Crippen molar-refractivity contribution in [1.82, 2.24) is 25.2 Å². The summed E-state index contributed by atoms with van der Waals surface area (Å²) in [5, 5.41) is 4.00. The van der Waals surface area contributed by atoms with Crippen LogP contribution in [0, 0.1) is 0 Å². The van der Waals surface area contributed by atoms with Crippen molar-refractivity contribution >= 4 is 34.1 Å². The number of hydrogen-bond acceptors (Lipinski definition) is 9. The highest BCUT2D eigenvalue weighted by molar-refractivity contribution is 6.34. The fourth-order valence-electron chi connectivity index (χ4n) is 4.90. The van der Waals surface area contributed by atoms with E-state index in [4.69, 9.17) is 22.1 Å². The van der Waals surface area contributed by atoms with E-state index in [1.54, 1.807) is 6.07 Å². The highest BCUT2D eigenvalue weighted by atomic mass is 35.5. The molecule has 39 heavy (non-hydrogen) atoms. The van der Waals surface area contributed by atoms with Crippen LogP contribution in [0.1, 0.15) is 13.3 Å². The van der Waals surface area contributed by atoms with Gasteiger partial charge in [0.05, 0.1) is 10.5 Å². The normalized spacial score (nSPS) is 22.4. The predicted molar refractivity (Wildman–Crippen MR) is 140 cm³/mol. The predicted octanol–water partition coefficient (Wildman–Crippen LogP) is 4.05. The molecule has 2 aromatic heterocycles. The molecule has 3 aromatic rings. The number of ether oxygens (including phenoxy) is 2. The van der Waals surface area contributed by atoms with E-state index < -0.39 is 18.3 Å². The number of fused-ring (bicyclic) bond motifs is 1. The molecule has 0 aliphatic carbocycles. The van der Waals surface area contributed by atoms with Gasteiger partial charge in [0.25, 0.3) is 0 Å². The number of rotatable bonds is 6. The molecule has 9 nitrogen and oxygen atoms in total. The van der Waals surface area contributed by atoms with E-state index in [0.29, 0.717) is 36.2 Å². The van der Waals surface area contributed by atoms with Crippen LogP contribution in [-0.2, 0) is 0 Å². The number of nitrogen functional groups attached to an aromatic ring is 1. The average Bonchev–Trinajstić information content (AvgIpc) is 3.14. The van der Waals surface area contributed by atoms with Gasteiger partial charge in [-0.15, -0.1) is 13.2 Å². The quantitative estimate of drug-likeness (QED) is 0.426. The summed E-state index contributed by atoms with van der Waals surface area (Å²) in [6.45, 7) is 4.80. The average molecular weight is 570 g/mol. The molecule has 1 aromatic carbocycles. The molecule has 0 spiro atoms. The summed E-state index contributed by atoms with van der Waals surface area (Å²) in [5.41, 5.74) is 6.14. The summed E-state index contributed by atoms with van der Waals surface area (Å²) in [7, 11) is 1.85. The standard InChI is InChI=1S/C25H28ClF4N7O2/c1-13-18(27)9-14(36(13)2)12-38-24-33-19-11-15(22-20(39-25(28,29)30)3-4-21(31)34-22)17(26)10-16(19)23(35-24)37-7-5-32-6-8-37/h3-4,10-11,13-14,18,32H,5-9,12H2,1-2H3,(H2,31,34)/t13-,14-,18+/m0/s1. The number of piperazine rings is 1. The number of benzene rings is 1. The first-order chi connectivity index (χ1) is 18.5. The Morgan fingerprint density at radius 3 is 2.56 bits per heavy atom. The Labute approximate surface area is 227 Å². The third-order valence-electron chi connectivity index (χ3n) is 7.16. The van der Waals surface area contributed by atoms with Gasteiger partial charge >= 0.3 is 12.4 Å². The number of aromatic nitrogens is 3. The fraction of sp³-hybridized carbons (Fsp3) is 0.480. The van der Waals surface area contributed by atoms with Crippen LogP contribution < -0.4 is 25.4 Å². The van der Waals surface area contributed by atoms with Crippen molar-refractivity contribution in [2.24, 2.45) is 0 Å². The summed E-state index contributed by atoms with van der Waals surface area (Å²) < 4.78 is 63.7. The van der Waals surface area contributed by atoms with Crippen LogP contribution in [-0.4, -0.2) is 84.3 Å². The fourth-order valence-corrected chi connectivity index (χ4v) is 5.16. The molecule has 14 heteroatoms. The Bertz CT molecular complexity index is 1360. The van der Waals surface area contributed by atoms with Crippen molar-refractivity contribution in [1.29, 1.82) is 0 Å². The minimum Gasteiger partial charge on any atom is -0.462 e. The Kier molecular flexibility index (Phi) is 7.57. The van der Waals surface area contributed by atoms with Gasteiger partial charge in [0.2, 0.25) is 0 Å². The van der Waals surface area contributed by atoms with Gasteiger partial charge in [-0.2, -0.15) is 9.97 Å². The number of likely N-dealkylation sites (tertiary alicyclic amines) is 1. The number of alkyl halides is 4. The van der Waals surface area contributed by atoms with Crippen molar-refractivity contribution in [3.8, 4) is 23.0 Å². The first-order valence-corrected chi connectivity index (χ1v) is 12.9. The zero-order valence-corrected chi connectivity index (χ0v) is 22.1.